The Labute approximate surface area is 95.8 Å². The van der Waals surface area contributed by atoms with E-state index in [1.54, 1.807) is 6.92 Å². The number of hydrogen-bond acceptors (Lipinski definition) is 1. The third-order valence-corrected chi connectivity index (χ3v) is 2.44. The highest BCUT2D eigenvalue weighted by Crippen LogP contribution is 2.36. The summed E-state index contributed by atoms with van der Waals surface area (Å²) in [5.41, 5.74) is 0. The molecule has 0 saturated carbocycles. The lowest BCUT2D eigenvalue weighted by Gasteiger charge is -2.26. The summed E-state index contributed by atoms with van der Waals surface area (Å²) in [5, 5.41) is 8.44. The van der Waals surface area contributed by atoms with E-state index in [1.165, 1.54) is 0 Å². The van der Waals surface area contributed by atoms with Crippen molar-refractivity contribution in [1.29, 1.82) is 0 Å². The number of alkyl halides is 5. The Kier molecular flexibility index (Phi) is 6.41. The van der Waals surface area contributed by atoms with Crippen LogP contribution in [0.25, 0.3) is 0 Å². The third kappa shape index (κ3) is 4.87. The molecule has 2 unspecified atom stereocenters. The average molecular weight is 262 g/mol. The predicted octanol–water partition coefficient (Wildman–Crippen LogP) is 3.51. The van der Waals surface area contributed by atoms with Gasteiger partial charge in [-0.1, -0.05) is 19.8 Å². The Morgan fingerprint density at radius 3 is 2.18 bits per heavy atom. The summed E-state index contributed by atoms with van der Waals surface area (Å²) in [6.45, 7) is 1.70. The highest BCUT2D eigenvalue weighted by atomic mass is 19.3. The number of unbranched alkanes of at least 4 members (excludes halogenated alkanes) is 1. The van der Waals surface area contributed by atoms with Gasteiger partial charge in [-0.25, -0.2) is 13.2 Å². The Bertz CT molecular complexity index is 245. The van der Waals surface area contributed by atoms with Crippen molar-refractivity contribution in [2.75, 3.05) is 0 Å². The molecule has 0 amide bonds. The van der Waals surface area contributed by atoms with Gasteiger partial charge in [0.1, 0.15) is 0 Å². The lowest BCUT2D eigenvalue weighted by Crippen LogP contribution is -2.42. The molecule has 0 aromatic carbocycles. The van der Waals surface area contributed by atoms with Crippen LogP contribution in [0.1, 0.15) is 32.6 Å². The van der Waals surface area contributed by atoms with Gasteiger partial charge < -0.3 is 5.11 Å². The van der Waals surface area contributed by atoms with E-state index in [-0.39, 0.29) is 6.42 Å². The maximum atomic E-state index is 13.3. The van der Waals surface area contributed by atoms with Gasteiger partial charge in [0.15, 0.2) is 6.17 Å². The van der Waals surface area contributed by atoms with Gasteiger partial charge in [0, 0.05) is 5.92 Å². The van der Waals surface area contributed by atoms with Gasteiger partial charge in [-0.15, -0.1) is 0 Å². The number of carbonyl (C=O) groups is 1. The van der Waals surface area contributed by atoms with Crippen molar-refractivity contribution < 1.29 is 31.9 Å². The van der Waals surface area contributed by atoms with E-state index in [0.717, 1.165) is 0 Å². The fourth-order valence-corrected chi connectivity index (χ4v) is 1.48. The predicted molar refractivity (Wildman–Crippen MR) is 51.1 cm³/mol. The van der Waals surface area contributed by atoms with Crippen molar-refractivity contribution in [1.82, 2.24) is 0 Å². The zero-order chi connectivity index (χ0) is 13.6. The first-order chi connectivity index (χ1) is 7.73. The molecule has 0 aromatic heterocycles. The van der Waals surface area contributed by atoms with Crippen LogP contribution in [0, 0.1) is 5.92 Å². The van der Waals surface area contributed by atoms with Crippen LogP contribution < -0.4 is 0 Å². The monoisotopic (exact) mass is 262 g/mol. The maximum Gasteiger partial charge on any atom is 0.338 e. The van der Waals surface area contributed by atoms with Gasteiger partial charge in [-0.3, -0.25) is 4.79 Å². The van der Waals surface area contributed by atoms with Crippen molar-refractivity contribution in [3.63, 3.8) is 0 Å². The molecule has 0 bridgehead atoms. The zero-order valence-electron chi connectivity index (χ0n) is 9.31. The number of carboxylic acids is 1. The topological polar surface area (TPSA) is 37.3 Å². The van der Waals surface area contributed by atoms with Gasteiger partial charge in [0.25, 0.3) is 0 Å². The van der Waals surface area contributed by atoms with E-state index >= 15 is 0 Å². The molecule has 0 aromatic rings. The normalized spacial score (nSPS) is 15.9. The summed E-state index contributed by atoms with van der Waals surface area (Å²) in [4.78, 5) is 10.4. The molecule has 2 atom stereocenters. The second-order valence-electron chi connectivity index (χ2n) is 3.88. The largest absolute Gasteiger partial charge is 0.481 e. The van der Waals surface area contributed by atoms with Crippen molar-refractivity contribution in [3.05, 3.63) is 0 Å². The number of rotatable bonds is 8. The first-order valence-electron chi connectivity index (χ1n) is 5.25. The molecule has 0 aliphatic heterocycles. The van der Waals surface area contributed by atoms with E-state index in [0.29, 0.717) is 12.8 Å². The molecule has 0 heterocycles. The molecule has 1 N–H and O–H groups in total. The zero-order valence-corrected chi connectivity index (χ0v) is 9.31. The Balaban J connectivity index is 4.71. The SMILES string of the molecule is CCCCC(CC(=O)O)C(F)C(F)(F)C(F)F. The lowest BCUT2D eigenvalue weighted by atomic mass is 9.90. The number of aliphatic carboxylic acids is 1. The molecule has 2 nitrogen and oxygen atoms in total. The standard InChI is InChI=1S/C10H15F5O2/c1-2-3-4-6(5-7(16)17)8(11)10(14,15)9(12)13/h6,8-9H,2-5H2,1H3,(H,16,17). The maximum absolute atomic E-state index is 13.3. The van der Waals surface area contributed by atoms with Crippen LogP contribution in [-0.2, 0) is 4.79 Å². The minimum Gasteiger partial charge on any atom is -0.481 e. The van der Waals surface area contributed by atoms with Gasteiger partial charge in [0.05, 0.1) is 6.42 Å². The third-order valence-electron chi connectivity index (χ3n) is 2.44. The van der Waals surface area contributed by atoms with E-state index in [4.69, 9.17) is 5.11 Å². The van der Waals surface area contributed by atoms with Crippen LogP contribution in [0.15, 0.2) is 0 Å². The highest BCUT2D eigenvalue weighted by molar-refractivity contribution is 5.67. The van der Waals surface area contributed by atoms with Gasteiger partial charge in [0.2, 0.25) is 0 Å². The van der Waals surface area contributed by atoms with E-state index in [1.807, 2.05) is 0 Å². The van der Waals surface area contributed by atoms with Crippen molar-refractivity contribution in [2.45, 2.75) is 51.1 Å². The fraction of sp³-hybridized carbons (Fsp3) is 0.900. The molecule has 0 rings (SSSR count). The van der Waals surface area contributed by atoms with Gasteiger partial charge >= 0.3 is 18.3 Å². The average Bonchev–Trinajstić information content (AvgIpc) is 2.22. The fourth-order valence-electron chi connectivity index (χ4n) is 1.48. The minimum atomic E-state index is -4.80. The van der Waals surface area contributed by atoms with Crippen LogP contribution >= 0.6 is 0 Å². The van der Waals surface area contributed by atoms with Crippen molar-refractivity contribution in [2.24, 2.45) is 5.92 Å². The Morgan fingerprint density at radius 1 is 1.29 bits per heavy atom. The summed E-state index contributed by atoms with van der Waals surface area (Å²) < 4.78 is 62.7. The molecule has 0 spiro atoms. The lowest BCUT2D eigenvalue weighted by molar-refractivity contribution is -0.186. The van der Waals surface area contributed by atoms with Gasteiger partial charge in [-0.2, -0.15) is 8.78 Å². The van der Waals surface area contributed by atoms with Crippen LogP contribution in [0.2, 0.25) is 0 Å². The second-order valence-corrected chi connectivity index (χ2v) is 3.88. The Morgan fingerprint density at radius 2 is 1.82 bits per heavy atom. The summed E-state index contributed by atoms with van der Waals surface area (Å²) in [6.07, 6.45) is -7.42. The molecule has 0 fully saturated rings. The quantitative estimate of drug-likeness (QED) is 0.680. The molecule has 0 aliphatic rings. The molecule has 7 heteroatoms. The number of carboxylic acid groups (broad SMARTS) is 1. The van der Waals surface area contributed by atoms with E-state index < -0.39 is 36.8 Å². The summed E-state index contributed by atoms with van der Waals surface area (Å²) >= 11 is 0. The van der Waals surface area contributed by atoms with Crippen molar-refractivity contribution >= 4 is 5.97 Å². The van der Waals surface area contributed by atoms with Crippen LogP contribution in [-0.4, -0.2) is 29.6 Å². The summed E-state index contributed by atoms with van der Waals surface area (Å²) in [7, 11) is 0. The first kappa shape index (κ1) is 16.1. The molecule has 102 valence electrons. The van der Waals surface area contributed by atoms with Crippen molar-refractivity contribution in [3.8, 4) is 0 Å². The smallest absolute Gasteiger partial charge is 0.338 e. The second kappa shape index (κ2) is 6.76. The Hall–Kier alpha value is -0.880. The molecule has 0 aliphatic carbocycles. The molecular formula is C10H15F5O2. The van der Waals surface area contributed by atoms with E-state index in [9.17, 15) is 26.7 Å². The van der Waals surface area contributed by atoms with Crippen LogP contribution in [0.5, 0.6) is 0 Å². The van der Waals surface area contributed by atoms with Crippen LogP contribution in [0.4, 0.5) is 22.0 Å². The van der Waals surface area contributed by atoms with E-state index in [2.05, 4.69) is 0 Å². The van der Waals surface area contributed by atoms with Gasteiger partial charge in [-0.05, 0) is 6.42 Å². The summed E-state index contributed by atoms with van der Waals surface area (Å²) in [5.74, 6) is -7.86. The minimum absolute atomic E-state index is 0.147. The summed E-state index contributed by atoms with van der Waals surface area (Å²) in [6, 6.07) is 0. The molecule has 0 saturated heterocycles. The highest BCUT2D eigenvalue weighted by Gasteiger charge is 2.52. The molecular weight excluding hydrogens is 247 g/mol. The first-order valence-corrected chi connectivity index (χ1v) is 5.25. The molecule has 17 heavy (non-hydrogen) atoms. The number of hydrogen-bond donors (Lipinski definition) is 1. The molecule has 0 radical (unpaired) electrons. The van der Waals surface area contributed by atoms with Crippen LogP contribution in [0.3, 0.4) is 0 Å². The number of halogens is 5.